The maximum absolute atomic E-state index is 12.6. The smallest absolute Gasteiger partial charge is 0.291 e. The van der Waals surface area contributed by atoms with Crippen molar-refractivity contribution in [2.24, 2.45) is 0 Å². The summed E-state index contributed by atoms with van der Waals surface area (Å²) in [5.74, 6) is 0.696. The normalized spacial score (nSPS) is 15.2. The first-order chi connectivity index (χ1) is 10.6. The number of hydrogen-bond donors (Lipinski definition) is 0. The van der Waals surface area contributed by atoms with E-state index in [1.54, 1.807) is 11.3 Å². The van der Waals surface area contributed by atoms with Crippen molar-refractivity contribution < 1.29 is 4.79 Å². The van der Waals surface area contributed by atoms with E-state index in [1.807, 2.05) is 33.7 Å². The van der Waals surface area contributed by atoms with Crippen LogP contribution in [0.4, 0.5) is 0 Å². The fraction of sp³-hybridized carbons (Fsp3) is 0.400. The van der Waals surface area contributed by atoms with Crippen LogP contribution in [0.25, 0.3) is 15.7 Å². The zero-order valence-electron chi connectivity index (χ0n) is 12.3. The number of hydrogen-bond acceptors (Lipinski definition) is 4. The Hall–Kier alpha value is -2.15. The van der Waals surface area contributed by atoms with Crippen LogP contribution in [-0.2, 0) is 11.3 Å². The minimum atomic E-state index is -0.207. The highest BCUT2D eigenvalue weighted by Crippen LogP contribution is 2.24. The zero-order valence-corrected chi connectivity index (χ0v) is 13.1. The summed E-state index contributed by atoms with van der Waals surface area (Å²) >= 11 is 1.60. The molecule has 4 rings (SSSR count). The minimum Gasteiger partial charge on any atom is -0.341 e. The molecule has 3 aromatic heterocycles. The molecule has 0 unspecified atom stereocenters. The minimum absolute atomic E-state index is 0.0228. The average Bonchev–Trinajstić information content (AvgIpc) is 3.19. The van der Waals surface area contributed by atoms with E-state index in [4.69, 9.17) is 0 Å². The van der Waals surface area contributed by atoms with Crippen LogP contribution in [0.3, 0.4) is 0 Å². The number of likely N-dealkylation sites (tertiary alicyclic amines) is 1. The molecule has 114 valence electrons. The second-order valence-corrected chi connectivity index (χ2v) is 6.58. The van der Waals surface area contributed by atoms with Gasteiger partial charge in [-0.1, -0.05) is 0 Å². The average molecular weight is 316 g/mol. The largest absolute Gasteiger partial charge is 0.341 e. The third kappa shape index (κ3) is 1.96. The van der Waals surface area contributed by atoms with E-state index in [9.17, 15) is 9.59 Å². The lowest BCUT2D eigenvalue weighted by Gasteiger charge is -2.16. The fourth-order valence-corrected chi connectivity index (χ4v) is 3.93. The second-order valence-electron chi connectivity index (χ2n) is 5.63. The second kappa shape index (κ2) is 4.95. The molecule has 4 heterocycles. The van der Waals surface area contributed by atoms with Crippen molar-refractivity contribution in [2.75, 3.05) is 13.1 Å². The molecule has 0 spiro atoms. The summed E-state index contributed by atoms with van der Waals surface area (Å²) in [6.45, 7) is 3.46. The first kappa shape index (κ1) is 13.5. The van der Waals surface area contributed by atoms with Gasteiger partial charge in [0.15, 0.2) is 0 Å². The van der Waals surface area contributed by atoms with Crippen molar-refractivity contribution in [3.05, 3.63) is 33.7 Å². The van der Waals surface area contributed by atoms with Crippen LogP contribution in [-0.4, -0.2) is 38.1 Å². The van der Waals surface area contributed by atoms with Gasteiger partial charge < -0.3 is 4.90 Å². The lowest BCUT2D eigenvalue weighted by Crippen LogP contribution is -2.36. The maximum atomic E-state index is 12.6. The van der Waals surface area contributed by atoms with Crippen LogP contribution in [0.15, 0.2) is 22.3 Å². The number of aryl methyl sites for hydroxylation is 1. The summed E-state index contributed by atoms with van der Waals surface area (Å²) in [6.07, 6.45) is 2.09. The van der Waals surface area contributed by atoms with Gasteiger partial charge in [-0.15, -0.1) is 11.3 Å². The van der Waals surface area contributed by atoms with E-state index in [1.165, 1.54) is 4.68 Å². The van der Waals surface area contributed by atoms with E-state index in [-0.39, 0.29) is 18.0 Å². The SMILES string of the molecule is Cc1nn(CC(=O)N2CCCC2)c(=O)c2cc3sccc3n12. The van der Waals surface area contributed by atoms with E-state index in [0.717, 1.165) is 42.0 Å². The van der Waals surface area contributed by atoms with Gasteiger partial charge in [0.1, 0.15) is 17.9 Å². The molecule has 0 atom stereocenters. The summed E-state index contributed by atoms with van der Waals surface area (Å²) in [4.78, 5) is 26.7. The topological polar surface area (TPSA) is 59.6 Å². The van der Waals surface area contributed by atoms with E-state index in [2.05, 4.69) is 5.10 Å². The Morgan fingerprint density at radius 2 is 2.09 bits per heavy atom. The fourth-order valence-electron chi connectivity index (χ4n) is 3.13. The summed E-state index contributed by atoms with van der Waals surface area (Å²) < 4.78 is 4.23. The predicted octanol–water partition coefficient (Wildman–Crippen LogP) is 1.64. The van der Waals surface area contributed by atoms with Gasteiger partial charge in [-0.25, -0.2) is 4.68 Å². The molecule has 1 aliphatic heterocycles. The maximum Gasteiger partial charge on any atom is 0.291 e. The number of rotatable bonds is 2. The van der Waals surface area contributed by atoms with E-state index in [0.29, 0.717) is 5.52 Å². The summed E-state index contributed by atoms with van der Waals surface area (Å²) in [6, 6.07) is 3.87. The van der Waals surface area contributed by atoms with Crippen LogP contribution < -0.4 is 5.56 Å². The summed E-state index contributed by atoms with van der Waals surface area (Å²) in [5, 5.41) is 6.34. The Bertz CT molecular complexity index is 930. The first-order valence-electron chi connectivity index (χ1n) is 7.39. The summed E-state index contributed by atoms with van der Waals surface area (Å²) in [7, 11) is 0. The lowest BCUT2D eigenvalue weighted by molar-refractivity contribution is -0.131. The molecule has 0 N–H and O–H groups in total. The van der Waals surface area contributed by atoms with Crippen molar-refractivity contribution in [3.8, 4) is 0 Å². The van der Waals surface area contributed by atoms with Gasteiger partial charge in [-0.2, -0.15) is 5.10 Å². The van der Waals surface area contributed by atoms with Crippen molar-refractivity contribution >= 4 is 33.0 Å². The molecular formula is C15H16N4O2S. The molecule has 7 heteroatoms. The number of nitrogens with zero attached hydrogens (tertiary/aromatic N) is 4. The van der Waals surface area contributed by atoms with Crippen LogP contribution in [0.1, 0.15) is 18.7 Å². The monoisotopic (exact) mass is 316 g/mol. The molecule has 0 aliphatic carbocycles. The molecular weight excluding hydrogens is 300 g/mol. The van der Waals surface area contributed by atoms with Gasteiger partial charge in [-0.05, 0) is 37.3 Å². The van der Waals surface area contributed by atoms with Gasteiger partial charge in [0, 0.05) is 13.1 Å². The van der Waals surface area contributed by atoms with Crippen molar-refractivity contribution in [2.45, 2.75) is 26.3 Å². The number of carbonyl (C=O) groups excluding carboxylic acids is 1. The highest BCUT2D eigenvalue weighted by molar-refractivity contribution is 7.17. The highest BCUT2D eigenvalue weighted by Gasteiger charge is 2.20. The molecule has 3 aromatic rings. The van der Waals surface area contributed by atoms with Gasteiger partial charge in [-0.3, -0.25) is 14.0 Å². The molecule has 1 saturated heterocycles. The third-order valence-electron chi connectivity index (χ3n) is 4.21. The van der Waals surface area contributed by atoms with Crippen LogP contribution in [0.2, 0.25) is 0 Å². The standard InChI is InChI=1S/C15H16N4O2S/c1-10-16-18(9-14(20)17-5-2-3-6-17)15(21)12-8-13-11(19(10)12)4-7-22-13/h4,7-8H,2-3,5-6,9H2,1H3. The summed E-state index contributed by atoms with van der Waals surface area (Å²) in [5.41, 5.74) is 1.38. The number of fused-ring (bicyclic) bond motifs is 3. The molecule has 1 fully saturated rings. The lowest BCUT2D eigenvalue weighted by atomic mass is 10.4. The van der Waals surface area contributed by atoms with Gasteiger partial charge in [0.25, 0.3) is 5.56 Å². The van der Waals surface area contributed by atoms with E-state index >= 15 is 0 Å². The molecule has 22 heavy (non-hydrogen) atoms. The Morgan fingerprint density at radius 3 is 2.86 bits per heavy atom. The highest BCUT2D eigenvalue weighted by atomic mass is 32.1. The van der Waals surface area contributed by atoms with Crippen molar-refractivity contribution in [3.63, 3.8) is 0 Å². The molecule has 0 saturated carbocycles. The number of carbonyl (C=O) groups is 1. The molecule has 1 aliphatic rings. The molecule has 1 amide bonds. The van der Waals surface area contributed by atoms with Crippen LogP contribution in [0.5, 0.6) is 0 Å². The predicted molar refractivity (Wildman–Crippen MR) is 85.4 cm³/mol. The Balaban J connectivity index is 1.79. The van der Waals surface area contributed by atoms with Gasteiger partial charge in [0.2, 0.25) is 5.91 Å². The quantitative estimate of drug-likeness (QED) is 0.722. The number of amides is 1. The molecule has 0 aromatic carbocycles. The van der Waals surface area contributed by atoms with E-state index < -0.39 is 0 Å². The first-order valence-corrected chi connectivity index (χ1v) is 8.27. The van der Waals surface area contributed by atoms with Crippen LogP contribution in [0, 0.1) is 6.92 Å². The van der Waals surface area contributed by atoms with Crippen molar-refractivity contribution in [1.82, 2.24) is 19.1 Å². The Morgan fingerprint density at radius 1 is 1.32 bits per heavy atom. The number of thiophene rings is 1. The zero-order chi connectivity index (χ0) is 15.3. The molecule has 6 nitrogen and oxygen atoms in total. The Kier molecular flexibility index (Phi) is 3.04. The van der Waals surface area contributed by atoms with Gasteiger partial charge in [0.05, 0.1) is 10.2 Å². The molecule has 0 radical (unpaired) electrons. The molecule has 0 bridgehead atoms. The third-order valence-corrected chi connectivity index (χ3v) is 5.06. The van der Waals surface area contributed by atoms with Crippen LogP contribution >= 0.6 is 11.3 Å². The van der Waals surface area contributed by atoms with Crippen molar-refractivity contribution in [1.29, 1.82) is 0 Å². The van der Waals surface area contributed by atoms with Gasteiger partial charge >= 0.3 is 0 Å². The Labute approximate surface area is 130 Å². The number of aromatic nitrogens is 3.